The predicted molar refractivity (Wildman–Crippen MR) is 87.2 cm³/mol. The molecule has 22 heavy (non-hydrogen) atoms. The minimum Gasteiger partial charge on any atom is -0.336 e. The third-order valence-electron chi connectivity index (χ3n) is 3.45. The van der Waals surface area contributed by atoms with Gasteiger partial charge in [0.25, 0.3) is 0 Å². The number of nitrogens with zero attached hydrogens (tertiary/aromatic N) is 3. The number of aryl methyl sites for hydroxylation is 1. The molecule has 0 atom stereocenters. The summed E-state index contributed by atoms with van der Waals surface area (Å²) in [6.07, 6.45) is 1.91. The number of sulfonamides is 1. The Morgan fingerprint density at radius 3 is 2.23 bits per heavy atom. The van der Waals surface area contributed by atoms with Gasteiger partial charge in [0.2, 0.25) is 10.0 Å². The second-order valence-corrected chi connectivity index (χ2v) is 6.80. The van der Waals surface area contributed by atoms with Crippen molar-refractivity contribution in [1.82, 2.24) is 8.87 Å². The largest absolute Gasteiger partial charge is 0.336 e. The molecular formula is C16H21N3O2S. The molecule has 0 aliphatic heterocycles. The molecule has 0 N–H and O–H groups in total. The van der Waals surface area contributed by atoms with Crippen molar-refractivity contribution < 1.29 is 8.42 Å². The molecule has 0 bridgehead atoms. The molecule has 0 aliphatic carbocycles. The summed E-state index contributed by atoms with van der Waals surface area (Å²) >= 11 is 0. The molecule has 1 heterocycles. The third-order valence-corrected chi connectivity index (χ3v) is 5.52. The number of aromatic nitrogens is 1. The van der Waals surface area contributed by atoms with Crippen molar-refractivity contribution in [2.24, 2.45) is 12.0 Å². The van der Waals surface area contributed by atoms with Crippen LogP contribution in [0.5, 0.6) is 0 Å². The second-order valence-electron chi connectivity index (χ2n) is 4.86. The van der Waals surface area contributed by atoms with E-state index in [2.05, 4.69) is 4.99 Å². The van der Waals surface area contributed by atoms with Gasteiger partial charge < -0.3 is 4.57 Å². The van der Waals surface area contributed by atoms with Crippen molar-refractivity contribution in [3.05, 3.63) is 54.1 Å². The number of rotatable bonds is 5. The summed E-state index contributed by atoms with van der Waals surface area (Å²) in [7, 11) is -1.50. The average Bonchev–Trinajstić information content (AvgIpc) is 2.51. The van der Waals surface area contributed by atoms with Crippen molar-refractivity contribution in [1.29, 1.82) is 0 Å². The third kappa shape index (κ3) is 3.45. The van der Waals surface area contributed by atoms with E-state index in [4.69, 9.17) is 0 Å². The fraction of sp³-hybridized carbons (Fsp3) is 0.312. The highest BCUT2D eigenvalue weighted by Gasteiger charge is 2.20. The van der Waals surface area contributed by atoms with Crippen molar-refractivity contribution in [3.8, 4) is 0 Å². The van der Waals surface area contributed by atoms with Crippen molar-refractivity contribution >= 4 is 15.7 Å². The lowest BCUT2D eigenvalue weighted by molar-refractivity contribution is 0.445. The zero-order chi connectivity index (χ0) is 16.2. The zero-order valence-electron chi connectivity index (χ0n) is 13.1. The van der Waals surface area contributed by atoms with Crippen LogP contribution in [0.1, 0.15) is 13.8 Å². The van der Waals surface area contributed by atoms with Gasteiger partial charge in [0.15, 0.2) is 0 Å². The number of hydrogen-bond donors (Lipinski definition) is 0. The molecule has 1 aromatic carbocycles. The maximum Gasteiger partial charge on any atom is 0.243 e. The van der Waals surface area contributed by atoms with Crippen LogP contribution in [-0.2, 0) is 17.1 Å². The lowest BCUT2D eigenvalue weighted by atomic mass is 10.3. The molecule has 0 fully saturated rings. The molecule has 1 aromatic heterocycles. The molecule has 6 heteroatoms. The quantitative estimate of drug-likeness (QED) is 0.849. The SMILES string of the molecule is CCN(CC)S(=O)(=O)c1ccc(N=c2ccccn2C)cc1. The van der Waals surface area contributed by atoms with Crippen molar-refractivity contribution in [3.63, 3.8) is 0 Å². The summed E-state index contributed by atoms with van der Waals surface area (Å²) in [5, 5.41) is 0. The van der Waals surface area contributed by atoms with Crippen LogP contribution in [0, 0.1) is 0 Å². The second kappa shape index (κ2) is 6.89. The van der Waals surface area contributed by atoms with Gasteiger partial charge in [0.1, 0.15) is 5.49 Å². The van der Waals surface area contributed by atoms with E-state index in [9.17, 15) is 8.42 Å². The minimum absolute atomic E-state index is 0.299. The van der Waals surface area contributed by atoms with Crippen LogP contribution in [0.15, 0.2) is 58.5 Å². The van der Waals surface area contributed by atoms with Crippen LogP contribution < -0.4 is 5.49 Å². The molecule has 5 nitrogen and oxygen atoms in total. The van der Waals surface area contributed by atoms with Crippen LogP contribution >= 0.6 is 0 Å². The average molecular weight is 319 g/mol. The Balaban J connectivity index is 2.36. The molecule has 0 unspecified atom stereocenters. The zero-order valence-corrected chi connectivity index (χ0v) is 13.9. The van der Waals surface area contributed by atoms with Gasteiger partial charge in [-0.05, 0) is 36.4 Å². The van der Waals surface area contributed by atoms with Crippen molar-refractivity contribution in [2.45, 2.75) is 18.7 Å². The first-order chi connectivity index (χ1) is 10.5. The van der Waals surface area contributed by atoms with E-state index in [-0.39, 0.29) is 0 Å². The Bertz CT molecular complexity index is 789. The summed E-state index contributed by atoms with van der Waals surface area (Å²) in [5.74, 6) is 0. The topological polar surface area (TPSA) is 54.7 Å². The van der Waals surface area contributed by atoms with E-state index in [1.807, 2.05) is 49.9 Å². The van der Waals surface area contributed by atoms with E-state index in [0.29, 0.717) is 18.0 Å². The molecule has 0 saturated carbocycles. The van der Waals surface area contributed by atoms with Crippen LogP contribution in [0.2, 0.25) is 0 Å². The molecule has 0 amide bonds. The first-order valence-corrected chi connectivity index (χ1v) is 8.69. The lowest BCUT2D eigenvalue weighted by Gasteiger charge is -2.18. The van der Waals surface area contributed by atoms with Crippen LogP contribution in [0.3, 0.4) is 0 Å². The summed E-state index contributed by atoms with van der Waals surface area (Å²) in [6.45, 7) is 4.59. The Labute approximate surface area is 131 Å². The van der Waals surface area contributed by atoms with Gasteiger partial charge in [0.05, 0.1) is 10.6 Å². The van der Waals surface area contributed by atoms with E-state index >= 15 is 0 Å². The first kappa shape index (κ1) is 16.5. The van der Waals surface area contributed by atoms with Gasteiger partial charge >= 0.3 is 0 Å². The highest BCUT2D eigenvalue weighted by molar-refractivity contribution is 7.89. The van der Waals surface area contributed by atoms with Gasteiger partial charge in [-0.15, -0.1) is 0 Å². The Kier molecular flexibility index (Phi) is 5.15. The van der Waals surface area contributed by atoms with Crippen LogP contribution in [-0.4, -0.2) is 30.4 Å². The van der Waals surface area contributed by atoms with Gasteiger partial charge in [-0.3, -0.25) is 0 Å². The minimum atomic E-state index is -3.41. The smallest absolute Gasteiger partial charge is 0.243 e. The highest BCUT2D eigenvalue weighted by Crippen LogP contribution is 2.19. The normalized spacial score (nSPS) is 12.8. The van der Waals surface area contributed by atoms with Crippen LogP contribution in [0.4, 0.5) is 5.69 Å². The summed E-state index contributed by atoms with van der Waals surface area (Å²) in [4.78, 5) is 4.80. The molecule has 0 aliphatic rings. The van der Waals surface area contributed by atoms with Gasteiger partial charge in [-0.2, -0.15) is 4.31 Å². The van der Waals surface area contributed by atoms with Gasteiger partial charge in [0, 0.05) is 26.3 Å². The molecular weight excluding hydrogens is 298 g/mol. The Hall–Kier alpha value is -1.92. The maximum absolute atomic E-state index is 12.4. The van der Waals surface area contributed by atoms with E-state index < -0.39 is 10.0 Å². The summed E-state index contributed by atoms with van der Waals surface area (Å²) < 4.78 is 28.2. The van der Waals surface area contributed by atoms with Gasteiger partial charge in [-0.1, -0.05) is 19.9 Å². The predicted octanol–water partition coefficient (Wildman–Crippen LogP) is 2.29. The van der Waals surface area contributed by atoms with E-state index in [1.165, 1.54) is 4.31 Å². The van der Waals surface area contributed by atoms with Crippen molar-refractivity contribution in [2.75, 3.05) is 13.1 Å². The first-order valence-electron chi connectivity index (χ1n) is 7.25. The van der Waals surface area contributed by atoms with Crippen LogP contribution in [0.25, 0.3) is 0 Å². The molecule has 0 saturated heterocycles. The lowest BCUT2D eigenvalue weighted by Crippen LogP contribution is -2.30. The fourth-order valence-corrected chi connectivity index (χ4v) is 3.63. The molecule has 0 spiro atoms. The maximum atomic E-state index is 12.4. The Morgan fingerprint density at radius 1 is 1.05 bits per heavy atom. The molecule has 2 rings (SSSR count). The summed E-state index contributed by atoms with van der Waals surface area (Å²) in [5.41, 5.74) is 1.53. The standard InChI is InChI=1S/C16H21N3O2S/c1-4-19(5-2)22(20,21)15-11-9-14(10-12-15)17-16-8-6-7-13-18(16)3/h6-13H,4-5H2,1-3H3. The Morgan fingerprint density at radius 2 is 1.68 bits per heavy atom. The highest BCUT2D eigenvalue weighted by atomic mass is 32.2. The number of pyridine rings is 1. The summed E-state index contributed by atoms with van der Waals surface area (Å²) in [6, 6.07) is 12.4. The monoisotopic (exact) mass is 319 g/mol. The molecule has 2 aromatic rings. The number of benzene rings is 1. The number of hydrogen-bond acceptors (Lipinski definition) is 3. The fourth-order valence-electron chi connectivity index (χ4n) is 2.17. The van der Waals surface area contributed by atoms with E-state index in [0.717, 1.165) is 11.2 Å². The van der Waals surface area contributed by atoms with Gasteiger partial charge in [-0.25, -0.2) is 13.4 Å². The molecule has 0 radical (unpaired) electrons. The molecule has 118 valence electrons. The van der Waals surface area contributed by atoms with E-state index in [1.54, 1.807) is 24.3 Å².